The van der Waals surface area contributed by atoms with Gasteiger partial charge in [0.2, 0.25) is 0 Å². The second-order valence-electron chi connectivity index (χ2n) is 3.63. The Morgan fingerprint density at radius 3 is 2.55 bits per heavy atom. The van der Waals surface area contributed by atoms with Gasteiger partial charge in [-0.2, -0.15) is 0 Å². The first-order chi connectivity index (χ1) is 5.33. The van der Waals surface area contributed by atoms with Crippen LogP contribution in [0.5, 0.6) is 0 Å². The smallest absolute Gasteiger partial charge is 0.0434 e. The van der Waals surface area contributed by atoms with Crippen molar-refractivity contribution in [1.29, 1.82) is 0 Å². The Labute approximate surface area is 69.2 Å². The summed E-state index contributed by atoms with van der Waals surface area (Å²) in [5.41, 5.74) is 0. The highest BCUT2D eigenvalue weighted by atomic mass is 16.3. The molecular weight excluding hydrogens is 138 g/mol. The number of aliphatic hydroxyl groups is 1. The van der Waals surface area contributed by atoms with Gasteiger partial charge in [-0.25, -0.2) is 0 Å². The molecule has 1 N–H and O–H groups in total. The molecule has 0 radical (unpaired) electrons. The second-order valence-corrected chi connectivity index (χ2v) is 3.63. The van der Waals surface area contributed by atoms with Gasteiger partial charge in [-0.3, -0.25) is 0 Å². The normalized spacial score (nSPS) is 22.4. The summed E-state index contributed by atoms with van der Waals surface area (Å²) in [7, 11) is 0. The Morgan fingerprint density at radius 2 is 2.00 bits per heavy atom. The minimum absolute atomic E-state index is 0.342. The van der Waals surface area contributed by atoms with E-state index >= 15 is 0 Å². The molecule has 0 aromatic heterocycles. The van der Waals surface area contributed by atoms with Crippen molar-refractivity contribution in [3.05, 3.63) is 0 Å². The SMILES string of the molecule is CC(CCO)CN1CCCC1. The molecule has 1 aliphatic heterocycles. The van der Waals surface area contributed by atoms with Crippen LogP contribution in [0.25, 0.3) is 0 Å². The highest BCUT2D eigenvalue weighted by molar-refractivity contribution is 4.68. The molecule has 2 heteroatoms. The average Bonchev–Trinajstić information content (AvgIpc) is 2.40. The van der Waals surface area contributed by atoms with Crippen LogP contribution in [0.1, 0.15) is 26.2 Å². The monoisotopic (exact) mass is 157 g/mol. The molecule has 0 spiro atoms. The van der Waals surface area contributed by atoms with E-state index in [0.29, 0.717) is 12.5 Å². The van der Waals surface area contributed by atoms with Gasteiger partial charge in [-0.1, -0.05) is 6.92 Å². The zero-order valence-corrected chi connectivity index (χ0v) is 7.42. The lowest BCUT2D eigenvalue weighted by Gasteiger charge is -2.19. The maximum absolute atomic E-state index is 8.69. The zero-order valence-electron chi connectivity index (χ0n) is 7.42. The predicted octanol–water partition coefficient (Wildman–Crippen LogP) is 1.10. The zero-order chi connectivity index (χ0) is 8.10. The van der Waals surface area contributed by atoms with Crippen LogP contribution in [-0.2, 0) is 0 Å². The van der Waals surface area contributed by atoms with Gasteiger partial charge in [0.25, 0.3) is 0 Å². The van der Waals surface area contributed by atoms with E-state index < -0.39 is 0 Å². The molecule has 1 unspecified atom stereocenters. The lowest BCUT2D eigenvalue weighted by Crippen LogP contribution is -2.25. The molecule has 1 rings (SSSR count). The average molecular weight is 157 g/mol. The van der Waals surface area contributed by atoms with Gasteiger partial charge < -0.3 is 10.0 Å². The molecule has 0 aromatic rings. The van der Waals surface area contributed by atoms with Crippen molar-refractivity contribution in [2.75, 3.05) is 26.2 Å². The fraction of sp³-hybridized carbons (Fsp3) is 1.00. The number of aliphatic hydroxyl groups excluding tert-OH is 1. The van der Waals surface area contributed by atoms with Crippen LogP contribution in [-0.4, -0.2) is 36.2 Å². The molecule has 1 heterocycles. The molecule has 0 aromatic carbocycles. The van der Waals surface area contributed by atoms with E-state index in [-0.39, 0.29) is 0 Å². The maximum Gasteiger partial charge on any atom is 0.0434 e. The van der Waals surface area contributed by atoms with Gasteiger partial charge in [0.15, 0.2) is 0 Å². The van der Waals surface area contributed by atoms with Crippen molar-refractivity contribution in [3.8, 4) is 0 Å². The Morgan fingerprint density at radius 1 is 1.36 bits per heavy atom. The predicted molar refractivity (Wildman–Crippen MR) is 46.5 cm³/mol. The lowest BCUT2D eigenvalue weighted by molar-refractivity contribution is 0.224. The van der Waals surface area contributed by atoms with Crippen molar-refractivity contribution >= 4 is 0 Å². The van der Waals surface area contributed by atoms with E-state index in [2.05, 4.69) is 11.8 Å². The van der Waals surface area contributed by atoms with Crippen LogP contribution in [0.4, 0.5) is 0 Å². The molecule has 1 saturated heterocycles. The van der Waals surface area contributed by atoms with Crippen LogP contribution in [0.15, 0.2) is 0 Å². The molecule has 66 valence electrons. The van der Waals surface area contributed by atoms with Gasteiger partial charge in [-0.15, -0.1) is 0 Å². The van der Waals surface area contributed by atoms with Crippen LogP contribution in [0.3, 0.4) is 0 Å². The molecule has 0 aliphatic carbocycles. The van der Waals surface area contributed by atoms with Crippen molar-refractivity contribution in [2.45, 2.75) is 26.2 Å². The molecule has 0 bridgehead atoms. The van der Waals surface area contributed by atoms with Crippen molar-refractivity contribution in [2.24, 2.45) is 5.92 Å². The third kappa shape index (κ3) is 3.21. The number of hydrogen-bond donors (Lipinski definition) is 1. The first-order valence-corrected chi connectivity index (χ1v) is 4.66. The highest BCUT2D eigenvalue weighted by Crippen LogP contribution is 2.11. The summed E-state index contributed by atoms with van der Waals surface area (Å²) in [6.07, 6.45) is 3.69. The van der Waals surface area contributed by atoms with E-state index in [0.717, 1.165) is 6.42 Å². The van der Waals surface area contributed by atoms with E-state index in [4.69, 9.17) is 5.11 Å². The molecule has 1 fully saturated rings. The van der Waals surface area contributed by atoms with E-state index in [1.54, 1.807) is 0 Å². The van der Waals surface area contributed by atoms with Crippen LogP contribution >= 0.6 is 0 Å². The highest BCUT2D eigenvalue weighted by Gasteiger charge is 2.13. The minimum atomic E-state index is 0.342. The standard InChI is InChI=1S/C9H19NO/c1-9(4-7-11)8-10-5-2-3-6-10/h9,11H,2-8H2,1H3. The molecule has 0 amide bonds. The first kappa shape index (κ1) is 9.01. The topological polar surface area (TPSA) is 23.5 Å². The number of rotatable bonds is 4. The Hall–Kier alpha value is -0.0800. The number of hydrogen-bond acceptors (Lipinski definition) is 2. The van der Waals surface area contributed by atoms with Gasteiger partial charge in [0.05, 0.1) is 0 Å². The van der Waals surface area contributed by atoms with Crippen molar-refractivity contribution in [3.63, 3.8) is 0 Å². The van der Waals surface area contributed by atoms with Gasteiger partial charge in [0.1, 0.15) is 0 Å². The third-order valence-corrected chi connectivity index (χ3v) is 2.39. The third-order valence-electron chi connectivity index (χ3n) is 2.39. The molecule has 1 atom stereocenters. The maximum atomic E-state index is 8.69. The number of likely N-dealkylation sites (tertiary alicyclic amines) is 1. The molecule has 0 saturated carbocycles. The summed E-state index contributed by atoms with van der Waals surface area (Å²) in [5, 5.41) is 8.69. The van der Waals surface area contributed by atoms with Crippen LogP contribution < -0.4 is 0 Å². The second kappa shape index (κ2) is 4.73. The van der Waals surface area contributed by atoms with Crippen molar-refractivity contribution < 1.29 is 5.11 Å². The molecule has 11 heavy (non-hydrogen) atoms. The van der Waals surface area contributed by atoms with Gasteiger partial charge in [-0.05, 0) is 38.3 Å². The fourth-order valence-electron chi connectivity index (χ4n) is 1.72. The van der Waals surface area contributed by atoms with Gasteiger partial charge in [0, 0.05) is 13.2 Å². The van der Waals surface area contributed by atoms with Crippen LogP contribution in [0, 0.1) is 5.92 Å². The lowest BCUT2D eigenvalue weighted by atomic mass is 10.1. The molecule has 1 aliphatic rings. The summed E-state index contributed by atoms with van der Waals surface area (Å²) >= 11 is 0. The Balaban J connectivity index is 2.08. The Kier molecular flexibility index (Phi) is 3.87. The summed E-state index contributed by atoms with van der Waals surface area (Å²) in [6.45, 7) is 6.29. The molecule has 2 nitrogen and oxygen atoms in total. The minimum Gasteiger partial charge on any atom is -0.396 e. The Bertz CT molecular complexity index is 99.7. The summed E-state index contributed by atoms with van der Waals surface area (Å²) in [4.78, 5) is 2.50. The summed E-state index contributed by atoms with van der Waals surface area (Å²) in [6, 6.07) is 0. The van der Waals surface area contributed by atoms with E-state index in [1.807, 2.05) is 0 Å². The first-order valence-electron chi connectivity index (χ1n) is 4.66. The number of nitrogens with zero attached hydrogens (tertiary/aromatic N) is 1. The fourth-order valence-corrected chi connectivity index (χ4v) is 1.72. The van der Waals surface area contributed by atoms with Crippen molar-refractivity contribution in [1.82, 2.24) is 4.90 Å². The van der Waals surface area contributed by atoms with E-state index in [1.165, 1.54) is 32.5 Å². The van der Waals surface area contributed by atoms with Crippen LogP contribution in [0.2, 0.25) is 0 Å². The van der Waals surface area contributed by atoms with Gasteiger partial charge >= 0.3 is 0 Å². The molecular formula is C9H19NO. The summed E-state index contributed by atoms with van der Waals surface area (Å²) in [5.74, 6) is 0.665. The van der Waals surface area contributed by atoms with E-state index in [9.17, 15) is 0 Å². The quantitative estimate of drug-likeness (QED) is 0.660. The summed E-state index contributed by atoms with van der Waals surface area (Å²) < 4.78 is 0. The largest absolute Gasteiger partial charge is 0.396 e.